The van der Waals surface area contributed by atoms with E-state index in [0.717, 1.165) is 25.1 Å². The Morgan fingerprint density at radius 2 is 2.09 bits per heavy atom. The zero-order valence-electron chi connectivity index (χ0n) is 13.3. The van der Waals surface area contributed by atoms with E-state index in [-0.39, 0.29) is 23.7 Å². The van der Waals surface area contributed by atoms with Crippen molar-refractivity contribution in [2.24, 2.45) is 5.73 Å². The van der Waals surface area contributed by atoms with E-state index < -0.39 is 5.91 Å². The van der Waals surface area contributed by atoms with Gasteiger partial charge in [-0.05, 0) is 33.1 Å². The Kier molecular flexibility index (Phi) is 5.10. The first-order chi connectivity index (χ1) is 10.3. The first kappa shape index (κ1) is 16.8. The average Bonchev–Trinajstić information content (AvgIpc) is 3.19. The minimum Gasteiger partial charge on any atom is -0.368 e. The summed E-state index contributed by atoms with van der Waals surface area (Å²) in [6.45, 7) is 6.05. The lowest BCUT2D eigenvalue weighted by molar-refractivity contribution is -0.120. The van der Waals surface area contributed by atoms with Crippen LogP contribution in [0.4, 0.5) is 0 Å². The number of carbonyl (C=O) groups is 2. The highest BCUT2D eigenvalue weighted by Crippen LogP contribution is 2.39. The second-order valence-electron chi connectivity index (χ2n) is 6.24. The molecule has 1 aromatic heterocycles. The molecule has 2 amide bonds. The molecule has 0 atom stereocenters. The van der Waals surface area contributed by atoms with Crippen molar-refractivity contribution in [1.29, 1.82) is 0 Å². The number of nitrogens with zero attached hydrogens (tertiary/aromatic N) is 3. The van der Waals surface area contributed by atoms with Gasteiger partial charge in [-0.15, -0.1) is 10.2 Å². The van der Waals surface area contributed by atoms with E-state index in [9.17, 15) is 9.59 Å². The highest BCUT2D eigenvalue weighted by atomic mass is 32.2. The maximum atomic E-state index is 12.0. The third-order valence-electron chi connectivity index (χ3n) is 3.70. The number of hydrogen-bond donors (Lipinski definition) is 2. The maximum absolute atomic E-state index is 12.0. The molecule has 1 heterocycles. The molecule has 2 rings (SSSR count). The lowest BCUT2D eigenvalue weighted by Gasteiger charge is -2.24. The van der Waals surface area contributed by atoms with Crippen LogP contribution in [0.15, 0.2) is 5.16 Å². The van der Waals surface area contributed by atoms with E-state index in [1.165, 1.54) is 11.8 Å². The van der Waals surface area contributed by atoms with Crippen molar-refractivity contribution in [2.75, 3.05) is 5.75 Å². The van der Waals surface area contributed by atoms with Crippen LogP contribution in [0, 0.1) is 0 Å². The van der Waals surface area contributed by atoms with Gasteiger partial charge in [-0.2, -0.15) is 0 Å². The van der Waals surface area contributed by atoms with E-state index in [1.54, 1.807) is 4.57 Å². The van der Waals surface area contributed by atoms with Gasteiger partial charge < -0.3 is 11.1 Å². The fourth-order valence-electron chi connectivity index (χ4n) is 1.99. The van der Waals surface area contributed by atoms with Crippen LogP contribution >= 0.6 is 11.8 Å². The van der Waals surface area contributed by atoms with Crippen LogP contribution in [-0.2, 0) is 16.1 Å². The second kappa shape index (κ2) is 6.68. The summed E-state index contributed by atoms with van der Waals surface area (Å²) in [6, 6.07) is 0. The Morgan fingerprint density at radius 3 is 2.64 bits per heavy atom. The Morgan fingerprint density at radius 1 is 1.41 bits per heavy atom. The molecular formula is C14H23N5O2S. The van der Waals surface area contributed by atoms with E-state index in [4.69, 9.17) is 5.73 Å². The van der Waals surface area contributed by atoms with Gasteiger partial charge in [0.2, 0.25) is 11.8 Å². The Bertz CT molecular complexity index is 566. The van der Waals surface area contributed by atoms with Gasteiger partial charge in [-0.3, -0.25) is 14.2 Å². The zero-order chi connectivity index (χ0) is 16.3. The first-order valence-electron chi connectivity index (χ1n) is 7.47. The van der Waals surface area contributed by atoms with Crippen molar-refractivity contribution in [2.45, 2.75) is 63.2 Å². The van der Waals surface area contributed by atoms with Crippen molar-refractivity contribution in [3.8, 4) is 0 Å². The van der Waals surface area contributed by atoms with Crippen LogP contribution in [0.2, 0.25) is 0 Å². The van der Waals surface area contributed by atoms with E-state index >= 15 is 0 Å². The van der Waals surface area contributed by atoms with Crippen molar-refractivity contribution in [3.63, 3.8) is 0 Å². The molecule has 1 aliphatic carbocycles. The van der Waals surface area contributed by atoms with Gasteiger partial charge in [-0.1, -0.05) is 18.7 Å². The Labute approximate surface area is 134 Å². The summed E-state index contributed by atoms with van der Waals surface area (Å²) >= 11 is 1.28. The van der Waals surface area contributed by atoms with Crippen LogP contribution in [0.5, 0.6) is 0 Å². The van der Waals surface area contributed by atoms with Gasteiger partial charge >= 0.3 is 0 Å². The number of thioether (sulfide) groups is 1. The highest BCUT2D eigenvalue weighted by Gasteiger charge is 2.31. The Balaban J connectivity index is 2.00. The lowest BCUT2D eigenvalue weighted by Crippen LogP contribution is -2.43. The number of aromatic nitrogens is 3. The second-order valence-corrected chi connectivity index (χ2v) is 7.18. The molecule has 7 nitrogen and oxygen atoms in total. The van der Waals surface area contributed by atoms with Gasteiger partial charge in [0, 0.05) is 11.5 Å². The molecule has 1 aromatic rings. The van der Waals surface area contributed by atoms with Crippen molar-refractivity contribution < 1.29 is 9.59 Å². The van der Waals surface area contributed by atoms with E-state index in [0.29, 0.717) is 11.1 Å². The highest BCUT2D eigenvalue weighted by molar-refractivity contribution is 7.99. The zero-order valence-corrected chi connectivity index (χ0v) is 14.1. The van der Waals surface area contributed by atoms with Crippen molar-refractivity contribution in [3.05, 3.63) is 5.82 Å². The standard InChI is InChI=1S/C14H23N5O2S/c1-4-14(2,3)16-11(21)8-22-13-18-17-12(9-5-6-9)19(13)7-10(15)20/h9H,4-8H2,1-3H3,(H2,15,20)(H,16,21). The number of nitrogens with one attached hydrogen (secondary N) is 1. The summed E-state index contributed by atoms with van der Waals surface area (Å²) in [7, 11) is 0. The molecule has 0 bridgehead atoms. The van der Waals surface area contributed by atoms with Crippen LogP contribution in [0.1, 0.15) is 51.8 Å². The SMILES string of the molecule is CCC(C)(C)NC(=O)CSc1nnc(C2CC2)n1CC(N)=O. The molecule has 0 spiro atoms. The van der Waals surface area contributed by atoms with Crippen LogP contribution in [0.3, 0.4) is 0 Å². The van der Waals surface area contributed by atoms with Gasteiger partial charge in [0.25, 0.3) is 0 Å². The normalized spacial score (nSPS) is 14.9. The fraction of sp³-hybridized carbons (Fsp3) is 0.714. The van der Waals surface area contributed by atoms with Gasteiger partial charge in [0.1, 0.15) is 12.4 Å². The summed E-state index contributed by atoms with van der Waals surface area (Å²) in [6.07, 6.45) is 2.98. The molecule has 1 aliphatic rings. The smallest absolute Gasteiger partial charge is 0.237 e. The number of carbonyl (C=O) groups excluding carboxylic acids is 2. The molecule has 0 unspecified atom stereocenters. The molecule has 0 aliphatic heterocycles. The minimum atomic E-state index is -0.430. The average molecular weight is 325 g/mol. The lowest BCUT2D eigenvalue weighted by atomic mass is 10.0. The van der Waals surface area contributed by atoms with Crippen molar-refractivity contribution >= 4 is 23.6 Å². The molecule has 8 heteroatoms. The third-order valence-corrected chi connectivity index (χ3v) is 4.66. The summed E-state index contributed by atoms with van der Waals surface area (Å²) < 4.78 is 1.74. The predicted molar refractivity (Wildman–Crippen MR) is 84.4 cm³/mol. The molecule has 0 aromatic carbocycles. The van der Waals surface area contributed by atoms with E-state index in [2.05, 4.69) is 15.5 Å². The predicted octanol–water partition coefficient (Wildman–Crippen LogP) is 1.04. The number of primary amides is 1. The summed E-state index contributed by atoms with van der Waals surface area (Å²) in [5.74, 6) is 0.925. The van der Waals surface area contributed by atoms with Crippen LogP contribution in [-0.4, -0.2) is 37.9 Å². The molecule has 22 heavy (non-hydrogen) atoms. The number of amides is 2. The number of hydrogen-bond acceptors (Lipinski definition) is 5. The number of rotatable bonds is 8. The molecule has 0 radical (unpaired) electrons. The third kappa shape index (κ3) is 4.46. The molecule has 3 N–H and O–H groups in total. The van der Waals surface area contributed by atoms with Crippen LogP contribution in [0.25, 0.3) is 0 Å². The van der Waals surface area contributed by atoms with Gasteiger partial charge in [0.15, 0.2) is 5.16 Å². The summed E-state index contributed by atoms with van der Waals surface area (Å²) in [5, 5.41) is 11.8. The largest absolute Gasteiger partial charge is 0.368 e. The molecule has 0 saturated heterocycles. The molecule has 1 fully saturated rings. The minimum absolute atomic E-state index is 0.0570. The Hall–Kier alpha value is -1.57. The number of nitrogens with two attached hydrogens (primary N) is 1. The van der Waals surface area contributed by atoms with Gasteiger partial charge in [-0.25, -0.2) is 0 Å². The van der Waals surface area contributed by atoms with Crippen LogP contribution < -0.4 is 11.1 Å². The first-order valence-corrected chi connectivity index (χ1v) is 8.46. The molecular weight excluding hydrogens is 302 g/mol. The topological polar surface area (TPSA) is 103 Å². The van der Waals surface area contributed by atoms with Crippen molar-refractivity contribution in [1.82, 2.24) is 20.1 Å². The summed E-state index contributed by atoms with van der Waals surface area (Å²) in [4.78, 5) is 23.2. The fourth-order valence-corrected chi connectivity index (χ4v) is 2.73. The molecule has 122 valence electrons. The summed E-state index contributed by atoms with van der Waals surface area (Å²) in [5.41, 5.74) is 5.07. The van der Waals surface area contributed by atoms with Gasteiger partial charge in [0.05, 0.1) is 5.75 Å². The molecule has 1 saturated carbocycles. The monoisotopic (exact) mass is 325 g/mol. The van der Waals surface area contributed by atoms with E-state index in [1.807, 2.05) is 20.8 Å². The quantitative estimate of drug-likeness (QED) is 0.695. The maximum Gasteiger partial charge on any atom is 0.237 e.